The predicted molar refractivity (Wildman–Crippen MR) is 48.8 cm³/mol. The van der Waals surface area contributed by atoms with Crippen LogP contribution in [0.2, 0.25) is 0 Å². The number of rotatable bonds is 4. The molecule has 76 valence electrons. The van der Waals surface area contributed by atoms with Crippen LogP contribution in [0.3, 0.4) is 0 Å². The molecule has 0 aliphatic heterocycles. The molecule has 0 fully saturated rings. The summed E-state index contributed by atoms with van der Waals surface area (Å²) in [4.78, 5) is 4.63. The molecule has 13 heavy (non-hydrogen) atoms. The Bertz CT molecular complexity index is 182. The van der Waals surface area contributed by atoms with Crippen molar-refractivity contribution in [2.45, 2.75) is 18.9 Å². The second-order valence-electron chi connectivity index (χ2n) is 3.18. The molecule has 0 aromatic heterocycles. The molecule has 2 unspecified atom stereocenters. The summed E-state index contributed by atoms with van der Waals surface area (Å²) in [6.07, 6.45) is 3.93. The van der Waals surface area contributed by atoms with Gasteiger partial charge >= 0.3 is 0 Å². The molecule has 4 nitrogen and oxygen atoms in total. The van der Waals surface area contributed by atoms with Crippen molar-refractivity contribution in [1.82, 2.24) is 0 Å². The van der Waals surface area contributed by atoms with E-state index in [4.69, 9.17) is 15.4 Å². The fraction of sp³-hybridized carbons (Fsp3) is 0.778. The number of nitrogens with two attached hydrogens (primary N) is 1. The van der Waals surface area contributed by atoms with Crippen LogP contribution in [-0.2, 0) is 14.3 Å². The Labute approximate surface area is 78.6 Å². The van der Waals surface area contributed by atoms with Crippen LogP contribution in [-0.4, -0.2) is 26.9 Å². The topological polar surface area (TPSA) is 53.7 Å². The Morgan fingerprint density at radius 3 is 2.85 bits per heavy atom. The summed E-state index contributed by atoms with van der Waals surface area (Å²) in [5.74, 6) is 6.36. The van der Waals surface area contributed by atoms with Crippen molar-refractivity contribution in [1.29, 1.82) is 0 Å². The van der Waals surface area contributed by atoms with Crippen LogP contribution in [0.1, 0.15) is 12.8 Å². The van der Waals surface area contributed by atoms with E-state index in [1.807, 2.05) is 0 Å². The second kappa shape index (κ2) is 5.21. The van der Waals surface area contributed by atoms with Crippen LogP contribution < -0.4 is 5.90 Å². The van der Waals surface area contributed by atoms with E-state index in [2.05, 4.69) is 10.9 Å². The van der Waals surface area contributed by atoms with Gasteiger partial charge in [0.2, 0.25) is 0 Å². The lowest BCUT2D eigenvalue weighted by molar-refractivity contribution is -0.00986. The molecular formula is C9H17NO3. The van der Waals surface area contributed by atoms with Gasteiger partial charge in [0.15, 0.2) is 0 Å². The third kappa shape index (κ3) is 2.69. The molecule has 0 amide bonds. The van der Waals surface area contributed by atoms with E-state index in [1.54, 1.807) is 14.2 Å². The summed E-state index contributed by atoms with van der Waals surface area (Å²) < 4.78 is 10.5. The highest BCUT2D eigenvalue weighted by Crippen LogP contribution is 2.26. The van der Waals surface area contributed by atoms with Gasteiger partial charge in [0.1, 0.15) is 0 Å². The minimum atomic E-state index is 0.156. The SMILES string of the molecule is COC1=CCC(CON)C(OC)C1. The first kappa shape index (κ1) is 10.5. The summed E-state index contributed by atoms with van der Waals surface area (Å²) in [5, 5.41) is 0. The minimum absolute atomic E-state index is 0.156. The van der Waals surface area contributed by atoms with Crippen LogP contribution in [0.25, 0.3) is 0 Å². The van der Waals surface area contributed by atoms with E-state index in [9.17, 15) is 0 Å². The smallest absolute Gasteiger partial charge is 0.0941 e. The molecule has 1 rings (SSSR count). The van der Waals surface area contributed by atoms with Crippen molar-refractivity contribution in [3.05, 3.63) is 11.8 Å². The van der Waals surface area contributed by atoms with Crippen molar-refractivity contribution in [2.75, 3.05) is 20.8 Å². The van der Waals surface area contributed by atoms with Gasteiger partial charge in [-0.2, -0.15) is 0 Å². The Morgan fingerprint density at radius 2 is 2.31 bits per heavy atom. The van der Waals surface area contributed by atoms with Gasteiger partial charge in [-0.1, -0.05) is 0 Å². The summed E-state index contributed by atoms with van der Waals surface area (Å²) in [7, 11) is 3.38. The lowest BCUT2D eigenvalue weighted by Crippen LogP contribution is -2.31. The number of methoxy groups -OCH3 is 2. The highest BCUT2D eigenvalue weighted by Gasteiger charge is 2.26. The van der Waals surface area contributed by atoms with E-state index >= 15 is 0 Å². The Morgan fingerprint density at radius 1 is 1.54 bits per heavy atom. The fourth-order valence-electron chi connectivity index (χ4n) is 1.62. The lowest BCUT2D eigenvalue weighted by atomic mass is 9.91. The third-order valence-electron chi connectivity index (χ3n) is 2.45. The van der Waals surface area contributed by atoms with Crippen LogP contribution in [0.4, 0.5) is 0 Å². The predicted octanol–water partition coefficient (Wildman–Crippen LogP) is 0.832. The second-order valence-corrected chi connectivity index (χ2v) is 3.18. The van der Waals surface area contributed by atoms with Crippen LogP contribution in [0, 0.1) is 5.92 Å². The van der Waals surface area contributed by atoms with Gasteiger partial charge in [-0.05, 0) is 12.5 Å². The van der Waals surface area contributed by atoms with Gasteiger partial charge in [-0.15, -0.1) is 0 Å². The normalized spacial score (nSPS) is 28.4. The van der Waals surface area contributed by atoms with Crippen molar-refractivity contribution in [2.24, 2.45) is 11.8 Å². The number of hydrogen-bond acceptors (Lipinski definition) is 4. The molecule has 2 N–H and O–H groups in total. The van der Waals surface area contributed by atoms with Gasteiger partial charge in [0.05, 0.1) is 25.6 Å². The molecule has 1 aliphatic carbocycles. The molecule has 0 aromatic carbocycles. The average Bonchev–Trinajstić information content (AvgIpc) is 2.19. The quantitative estimate of drug-likeness (QED) is 0.662. The molecular weight excluding hydrogens is 170 g/mol. The monoisotopic (exact) mass is 187 g/mol. The highest BCUT2D eigenvalue weighted by atomic mass is 16.6. The zero-order valence-corrected chi connectivity index (χ0v) is 8.16. The van der Waals surface area contributed by atoms with Gasteiger partial charge < -0.3 is 14.3 Å². The molecule has 0 heterocycles. The molecule has 0 spiro atoms. The summed E-state index contributed by atoms with van der Waals surface area (Å²) in [6, 6.07) is 0. The largest absolute Gasteiger partial charge is 0.501 e. The molecule has 0 radical (unpaired) electrons. The van der Waals surface area contributed by atoms with Crippen LogP contribution >= 0.6 is 0 Å². The van der Waals surface area contributed by atoms with Crippen molar-refractivity contribution in [3.63, 3.8) is 0 Å². The average molecular weight is 187 g/mol. The fourth-order valence-corrected chi connectivity index (χ4v) is 1.62. The first-order chi connectivity index (χ1) is 6.31. The van der Waals surface area contributed by atoms with E-state index < -0.39 is 0 Å². The van der Waals surface area contributed by atoms with Gasteiger partial charge in [-0.3, -0.25) is 0 Å². The molecule has 0 bridgehead atoms. The van der Waals surface area contributed by atoms with Crippen LogP contribution in [0.5, 0.6) is 0 Å². The first-order valence-electron chi connectivity index (χ1n) is 4.39. The highest BCUT2D eigenvalue weighted by molar-refractivity contribution is 5.02. The maximum atomic E-state index is 5.33. The van der Waals surface area contributed by atoms with Gasteiger partial charge in [-0.25, -0.2) is 5.90 Å². The Balaban J connectivity index is 2.52. The summed E-state index contributed by atoms with van der Waals surface area (Å²) in [5.41, 5.74) is 0. The molecule has 0 saturated heterocycles. The minimum Gasteiger partial charge on any atom is -0.501 e. The number of ether oxygens (including phenoxy) is 2. The Kier molecular flexibility index (Phi) is 4.21. The molecule has 2 atom stereocenters. The lowest BCUT2D eigenvalue weighted by Gasteiger charge is -2.28. The molecule has 0 aromatic rings. The van der Waals surface area contributed by atoms with E-state index in [0.717, 1.165) is 18.6 Å². The first-order valence-corrected chi connectivity index (χ1v) is 4.39. The summed E-state index contributed by atoms with van der Waals surface area (Å²) >= 11 is 0. The number of allylic oxidation sites excluding steroid dienone is 1. The van der Waals surface area contributed by atoms with E-state index in [1.165, 1.54) is 0 Å². The Hall–Kier alpha value is -0.580. The zero-order valence-electron chi connectivity index (χ0n) is 8.16. The van der Waals surface area contributed by atoms with Crippen LogP contribution in [0.15, 0.2) is 11.8 Å². The van der Waals surface area contributed by atoms with E-state index in [-0.39, 0.29) is 6.10 Å². The van der Waals surface area contributed by atoms with Crippen molar-refractivity contribution < 1.29 is 14.3 Å². The van der Waals surface area contributed by atoms with Crippen molar-refractivity contribution in [3.8, 4) is 0 Å². The third-order valence-corrected chi connectivity index (χ3v) is 2.45. The molecule has 0 saturated carbocycles. The maximum Gasteiger partial charge on any atom is 0.0941 e. The molecule has 1 aliphatic rings. The molecule has 4 heteroatoms. The maximum absolute atomic E-state index is 5.33. The summed E-state index contributed by atoms with van der Waals surface area (Å²) in [6.45, 7) is 0.534. The van der Waals surface area contributed by atoms with Gasteiger partial charge in [0, 0.05) is 19.4 Å². The van der Waals surface area contributed by atoms with Crippen molar-refractivity contribution >= 4 is 0 Å². The van der Waals surface area contributed by atoms with E-state index in [0.29, 0.717) is 12.5 Å². The van der Waals surface area contributed by atoms with Gasteiger partial charge in [0.25, 0.3) is 0 Å². The zero-order chi connectivity index (χ0) is 9.68. The number of hydrogen-bond donors (Lipinski definition) is 1. The standard InChI is InChI=1S/C9H17NO3/c1-11-8-4-3-7(6-13-10)9(5-8)12-2/h4,7,9H,3,5-6,10H2,1-2H3.